The average molecular weight is 245 g/mol. The molecule has 0 bridgehead atoms. The maximum atomic E-state index is 11.8. The molecular weight excluding hydrogens is 222 g/mol. The summed E-state index contributed by atoms with van der Waals surface area (Å²) >= 11 is 0. The molecule has 1 heterocycles. The molecule has 5 heteroatoms. The molecule has 17 heavy (non-hydrogen) atoms. The Morgan fingerprint density at radius 2 is 2.18 bits per heavy atom. The number of carbonyl (C=O) groups is 1. The van der Waals surface area contributed by atoms with Crippen LogP contribution in [0, 0.1) is 0 Å². The molecule has 1 aliphatic heterocycles. The van der Waals surface area contributed by atoms with E-state index in [2.05, 4.69) is 0 Å². The zero-order valence-electron chi connectivity index (χ0n) is 11.2. The van der Waals surface area contributed by atoms with Crippen molar-refractivity contribution in [2.75, 3.05) is 32.9 Å². The Kier molecular flexibility index (Phi) is 5.21. The van der Waals surface area contributed by atoms with Gasteiger partial charge in [0.15, 0.2) is 0 Å². The van der Waals surface area contributed by atoms with E-state index in [9.17, 15) is 4.79 Å². The van der Waals surface area contributed by atoms with Crippen molar-refractivity contribution in [3.05, 3.63) is 0 Å². The predicted octanol–water partition coefficient (Wildman–Crippen LogP) is 1.66. The molecule has 1 rings (SSSR count). The molecule has 0 aromatic carbocycles. The zero-order chi connectivity index (χ0) is 12.9. The SMILES string of the molecule is CCOCC1CN(C(=O)OC(C)(C)C)CCO1. The summed E-state index contributed by atoms with van der Waals surface area (Å²) in [7, 11) is 0. The molecule has 0 spiro atoms. The van der Waals surface area contributed by atoms with E-state index in [0.717, 1.165) is 0 Å². The smallest absolute Gasteiger partial charge is 0.410 e. The molecule has 0 aliphatic carbocycles. The molecule has 5 nitrogen and oxygen atoms in total. The fourth-order valence-electron chi connectivity index (χ4n) is 1.56. The molecule has 0 aromatic heterocycles. The van der Waals surface area contributed by atoms with Gasteiger partial charge in [-0.05, 0) is 27.7 Å². The van der Waals surface area contributed by atoms with Crippen LogP contribution >= 0.6 is 0 Å². The Balaban J connectivity index is 2.40. The molecule has 0 saturated carbocycles. The van der Waals surface area contributed by atoms with Gasteiger partial charge in [-0.25, -0.2) is 4.79 Å². The number of amides is 1. The minimum absolute atomic E-state index is 0.0452. The topological polar surface area (TPSA) is 48.0 Å². The average Bonchev–Trinajstić information content (AvgIpc) is 2.24. The number of carbonyl (C=O) groups excluding carboxylic acids is 1. The highest BCUT2D eigenvalue weighted by atomic mass is 16.6. The van der Waals surface area contributed by atoms with Crippen molar-refractivity contribution >= 4 is 6.09 Å². The zero-order valence-corrected chi connectivity index (χ0v) is 11.2. The van der Waals surface area contributed by atoms with E-state index in [1.165, 1.54) is 0 Å². The molecule has 1 fully saturated rings. The highest BCUT2D eigenvalue weighted by molar-refractivity contribution is 5.68. The van der Waals surface area contributed by atoms with E-state index in [4.69, 9.17) is 14.2 Å². The summed E-state index contributed by atoms with van der Waals surface area (Å²) in [5, 5.41) is 0. The van der Waals surface area contributed by atoms with Crippen LogP contribution in [0.2, 0.25) is 0 Å². The van der Waals surface area contributed by atoms with Crippen molar-refractivity contribution < 1.29 is 19.0 Å². The first-order valence-electron chi connectivity index (χ1n) is 6.09. The van der Waals surface area contributed by atoms with Crippen LogP contribution in [-0.2, 0) is 14.2 Å². The number of hydrogen-bond donors (Lipinski definition) is 0. The van der Waals surface area contributed by atoms with E-state index < -0.39 is 5.60 Å². The normalized spacial score (nSPS) is 21.4. The third-order valence-corrected chi connectivity index (χ3v) is 2.30. The molecular formula is C12H23NO4. The summed E-state index contributed by atoms with van der Waals surface area (Å²) in [6, 6.07) is 0. The van der Waals surface area contributed by atoms with E-state index in [1.54, 1.807) is 4.90 Å². The number of morpholine rings is 1. The number of hydrogen-bond acceptors (Lipinski definition) is 4. The molecule has 1 aliphatic rings. The molecule has 0 radical (unpaired) electrons. The van der Waals surface area contributed by atoms with Gasteiger partial charge in [-0.15, -0.1) is 0 Å². The van der Waals surface area contributed by atoms with Crippen LogP contribution in [0.1, 0.15) is 27.7 Å². The first kappa shape index (κ1) is 14.3. The van der Waals surface area contributed by atoms with Gasteiger partial charge in [-0.2, -0.15) is 0 Å². The van der Waals surface area contributed by atoms with Crippen molar-refractivity contribution in [2.45, 2.75) is 39.4 Å². The Bertz CT molecular complexity index is 249. The van der Waals surface area contributed by atoms with Gasteiger partial charge in [0.25, 0.3) is 0 Å². The molecule has 1 saturated heterocycles. The Morgan fingerprint density at radius 1 is 1.47 bits per heavy atom. The van der Waals surface area contributed by atoms with Crippen LogP contribution in [0.15, 0.2) is 0 Å². The molecule has 1 unspecified atom stereocenters. The minimum Gasteiger partial charge on any atom is -0.444 e. The lowest BCUT2D eigenvalue weighted by Gasteiger charge is -2.34. The van der Waals surface area contributed by atoms with Crippen LogP contribution in [0.25, 0.3) is 0 Å². The fourth-order valence-corrected chi connectivity index (χ4v) is 1.56. The van der Waals surface area contributed by atoms with Gasteiger partial charge in [-0.3, -0.25) is 0 Å². The third kappa shape index (κ3) is 5.37. The second kappa shape index (κ2) is 6.21. The molecule has 0 N–H and O–H groups in total. The lowest BCUT2D eigenvalue weighted by Crippen LogP contribution is -2.48. The number of nitrogens with zero attached hydrogens (tertiary/aromatic N) is 1. The second-order valence-corrected chi connectivity index (χ2v) is 5.08. The van der Waals surface area contributed by atoms with Crippen molar-refractivity contribution in [1.82, 2.24) is 4.90 Å². The summed E-state index contributed by atoms with van der Waals surface area (Å²) in [6.45, 7) is 10.4. The van der Waals surface area contributed by atoms with Gasteiger partial charge in [0, 0.05) is 13.2 Å². The van der Waals surface area contributed by atoms with Crippen LogP contribution in [0.5, 0.6) is 0 Å². The van der Waals surface area contributed by atoms with Gasteiger partial charge < -0.3 is 19.1 Å². The Morgan fingerprint density at radius 3 is 2.76 bits per heavy atom. The Labute approximate surface area is 103 Å². The molecule has 1 amide bonds. The first-order valence-corrected chi connectivity index (χ1v) is 6.09. The fraction of sp³-hybridized carbons (Fsp3) is 0.917. The lowest BCUT2D eigenvalue weighted by molar-refractivity contribution is -0.0710. The van der Waals surface area contributed by atoms with Crippen molar-refractivity contribution in [1.29, 1.82) is 0 Å². The third-order valence-electron chi connectivity index (χ3n) is 2.30. The quantitative estimate of drug-likeness (QED) is 0.758. The summed E-state index contributed by atoms with van der Waals surface area (Å²) in [5.41, 5.74) is -0.454. The summed E-state index contributed by atoms with van der Waals surface area (Å²) < 4.78 is 16.1. The molecule has 1 atom stereocenters. The highest BCUT2D eigenvalue weighted by Crippen LogP contribution is 2.13. The van der Waals surface area contributed by atoms with Gasteiger partial charge in [0.1, 0.15) is 5.60 Å². The van der Waals surface area contributed by atoms with Crippen molar-refractivity contribution in [3.63, 3.8) is 0 Å². The largest absolute Gasteiger partial charge is 0.444 e. The summed E-state index contributed by atoms with van der Waals surface area (Å²) in [5.74, 6) is 0. The van der Waals surface area contributed by atoms with Crippen LogP contribution < -0.4 is 0 Å². The maximum Gasteiger partial charge on any atom is 0.410 e. The first-order chi connectivity index (χ1) is 7.92. The summed E-state index contributed by atoms with van der Waals surface area (Å²) in [6.07, 6.45) is -0.321. The van der Waals surface area contributed by atoms with Gasteiger partial charge in [0.2, 0.25) is 0 Å². The van der Waals surface area contributed by atoms with E-state index in [1.807, 2.05) is 27.7 Å². The van der Waals surface area contributed by atoms with Crippen LogP contribution in [0.4, 0.5) is 4.79 Å². The predicted molar refractivity (Wildman–Crippen MR) is 64.0 cm³/mol. The summed E-state index contributed by atoms with van der Waals surface area (Å²) in [4.78, 5) is 13.5. The number of rotatable bonds is 3. The molecule has 0 aromatic rings. The van der Waals surface area contributed by atoms with Crippen LogP contribution in [-0.4, -0.2) is 55.6 Å². The monoisotopic (exact) mass is 245 g/mol. The van der Waals surface area contributed by atoms with Gasteiger partial charge in [-0.1, -0.05) is 0 Å². The van der Waals surface area contributed by atoms with Gasteiger partial charge in [0.05, 0.1) is 25.9 Å². The van der Waals surface area contributed by atoms with Crippen LogP contribution in [0.3, 0.4) is 0 Å². The maximum absolute atomic E-state index is 11.8. The minimum atomic E-state index is -0.454. The second-order valence-electron chi connectivity index (χ2n) is 5.08. The molecule has 100 valence electrons. The highest BCUT2D eigenvalue weighted by Gasteiger charge is 2.27. The standard InChI is InChI=1S/C12H23NO4/c1-5-15-9-10-8-13(6-7-16-10)11(14)17-12(2,3)4/h10H,5-9H2,1-4H3. The lowest BCUT2D eigenvalue weighted by atomic mass is 10.2. The van der Waals surface area contributed by atoms with Crippen molar-refractivity contribution in [3.8, 4) is 0 Å². The number of ether oxygens (including phenoxy) is 3. The van der Waals surface area contributed by atoms with Gasteiger partial charge >= 0.3 is 6.09 Å². The van der Waals surface area contributed by atoms with E-state index >= 15 is 0 Å². The Hall–Kier alpha value is -0.810. The van der Waals surface area contributed by atoms with E-state index in [0.29, 0.717) is 32.9 Å². The van der Waals surface area contributed by atoms with Crippen molar-refractivity contribution in [2.24, 2.45) is 0 Å². The van der Waals surface area contributed by atoms with E-state index in [-0.39, 0.29) is 12.2 Å².